The number of nitrogens with zero attached hydrogens (tertiary/aromatic N) is 5. The Hall–Kier alpha value is -4.03. The lowest BCUT2D eigenvalue weighted by Gasteiger charge is -2.40. The lowest BCUT2D eigenvalue weighted by molar-refractivity contribution is 0.000137. The predicted octanol–water partition coefficient (Wildman–Crippen LogP) is 5.66. The SMILES string of the molecule is Cc1ncc(C#N)c(Nc2ccc3[nH]ccc3c2C)c1/C=C/c1cccc(CN2CCC(N3CCOCC3)CC2)n1. The van der Waals surface area contributed by atoms with Crippen LogP contribution < -0.4 is 5.32 Å². The summed E-state index contributed by atoms with van der Waals surface area (Å²) in [5.74, 6) is 0. The van der Waals surface area contributed by atoms with Crippen molar-refractivity contribution in [3.8, 4) is 6.07 Å². The van der Waals surface area contributed by atoms with Gasteiger partial charge in [-0.25, -0.2) is 0 Å². The van der Waals surface area contributed by atoms with Crippen LogP contribution >= 0.6 is 0 Å². The number of aromatic amines is 1. The van der Waals surface area contributed by atoms with Crippen LogP contribution in [0.25, 0.3) is 23.1 Å². The van der Waals surface area contributed by atoms with Crippen molar-refractivity contribution in [3.63, 3.8) is 0 Å². The Morgan fingerprint density at radius 3 is 2.71 bits per heavy atom. The van der Waals surface area contributed by atoms with Gasteiger partial charge in [0.05, 0.1) is 35.9 Å². The number of rotatable bonds is 7. The van der Waals surface area contributed by atoms with E-state index in [1.807, 2.05) is 37.4 Å². The van der Waals surface area contributed by atoms with Gasteiger partial charge in [-0.3, -0.25) is 19.8 Å². The fourth-order valence-corrected chi connectivity index (χ4v) is 6.06. The number of pyridine rings is 2. The smallest absolute Gasteiger partial charge is 0.103 e. The first kappa shape index (κ1) is 27.2. The lowest BCUT2D eigenvalue weighted by Crippen LogP contribution is -2.48. The van der Waals surface area contributed by atoms with Gasteiger partial charge in [-0.1, -0.05) is 6.07 Å². The quantitative estimate of drug-likeness (QED) is 0.309. The highest BCUT2D eigenvalue weighted by Crippen LogP contribution is 2.32. The van der Waals surface area contributed by atoms with Gasteiger partial charge < -0.3 is 15.0 Å². The Labute approximate surface area is 241 Å². The van der Waals surface area contributed by atoms with Gasteiger partial charge in [0.25, 0.3) is 0 Å². The maximum Gasteiger partial charge on any atom is 0.103 e. The molecule has 1 aromatic carbocycles. The van der Waals surface area contributed by atoms with Crippen molar-refractivity contribution in [2.24, 2.45) is 0 Å². The summed E-state index contributed by atoms with van der Waals surface area (Å²) in [6.07, 6.45) is 10.0. The van der Waals surface area contributed by atoms with E-state index in [9.17, 15) is 5.26 Å². The summed E-state index contributed by atoms with van der Waals surface area (Å²) < 4.78 is 5.53. The van der Waals surface area contributed by atoms with Gasteiger partial charge in [-0.15, -0.1) is 0 Å². The summed E-state index contributed by atoms with van der Waals surface area (Å²) in [7, 11) is 0. The maximum atomic E-state index is 9.90. The number of hydrogen-bond donors (Lipinski definition) is 2. The van der Waals surface area contributed by atoms with Gasteiger partial charge in [-0.2, -0.15) is 5.26 Å². The van der Waals surface area contributed by atoms with Crippen molar-refractivity contribution < 1.29 is 4.74 Å². The Bertz CT molecular complexity index is 1590. The zero-order chi connectivity index (χ0) is 28.2. The molecule has 0 saturated carbocycles. The number of benzene rings is 1. The van der Waals surface area contributed by atoms with E-state index in [2.05, 4.69) is 62.3 Å². The van der Waals surface area contributed by atoms with Crippen molar-refractivity contribution in [1.82, 2.24) is 24.8 Å². The number of H-pyrrole nitrogens is 1. The first-order chi connectivity index (χ1) is 20.1. The second kappa shape index (κ2) is 12.2. The third kappa shape index (κ3) is 6.03. The summed E-state index contributed by atoms with van der Waals surface area (Å²) >= 11 is 0. The molecule has 8 nitrogen and oxygen atoms in total. The molecule has 8 heteroatoms. The van der Waals surface area contributed by atoms with Crippen molar-refractivity contribution in [2.45, 2.75) is 39.3 Å². The van der Waals surface area contributed by atoms with E-state index in [0.29, 0.717) is 11.6 Å². The number of hydrogen-bond acceptors (Lipinski definition) is 7. The van der Waals surface area contributed by atoms with Gasteiger partial charge in [0.2, 0.25) is 0 Å². The topological polar surface area (TPSA) is 93.1 Å². The van der Waals surface area contributed by atoms with Crippen LogP contribution in [0.2, 0.25) is 0 Å². The minimum Gasteiger partial charge on any atom is -0.379 e. The van der Waals surface area contributed by atoms with Crippen LogP contribution in [-0.4, -0.2) is 70.2 Å². The molecular weight excluding hydrogens is 510 g/mol. The number of aromatic nitrogens is 3. The molecule has 4 aromatic rings. The van der Waals surface area contributed by atoms with Crippen LogP contribution in [0, 0.1) is 25.2 Å². The molecule has 3 aromatic heterocycles. The largest absolute Gasteiger partial charge is 0.379 e. The second-order valence-corrected chi connectivity index (χ2v) is 11.0. The van der Waals surface area contributed by atoms with Crippen molar-refractivity contribution in [1.29, 1.82) is 5.26 Å². The number of aryl methyl sites for hydroxylation is 2. The summed E-state index contributed by atoms with van der Waals surface area (Å²) in [6.45, 7) is 11.0. The van der Waals surface area contributed by atoms with Crippen molar-refractivity contribution >= 4 is 34.4 Å². The lowest BCUT2D eigenvalue weighted by atomic mass is 10.0. The van der Waals surface area contributed by atoms with E-state index in [-0.39, 0.29) is 0 Å². The first-order valence-corrected chi connectivity index (χ1v) is 14.5. The molecule has 2 N–H and O–H groups in total. The molecule has 5 heterocycles. The third-order valence-electron chi connectivity index (χ3n) is 8.45. The van der Waals surface area contributed by atoms with Crippen molar-refractivity contribution in [3.05, 3.63) is 82.6 Å². The highest BCUT2D eigenvalue weighted by atomic mass is 16.5. The van der Waals surface area contributed by atoms with Crippen LogP contribution in [0.1, 0.15) is 46.6 Å². The molecule has 0 spiro atoms. The van der Waals surface area contributed by atoms with Crippen LogP contribution in [-0.2, 0) is 11.3 Å². The highest BCUT2D eigenvalue weighted by Gasteiger charge is 2.26. The van der Waals surface area contributed by atoms with Gasteiger partial charge >= 0.3 is 0 Å². The minimum absolute atomic E-state index is 0.506. The molecule has 0 bridgehead atoms. The number of fused-ring (bicyclic) bond motifs is 1. The number of morpholine rings is 1. The number of anilines is 2. The Morgan fingerprint density at radius 2 is 1.90 bits per heavy atom. The molecule has 0 unspecified atom stereocenters. The maximum absolute atomic E-state index is 9.90. The minimum atomic E-state index is 0.506. The Morgan fingerprint density at radius 1 is 1.07 bits per heavy atom. The third-order valence-corrected chi connectivity index (χ3v) is 8.45. The number of piperidine rings is 1. The van der Waals surface area contributed by atoms with Gasteiger partial charge in [0.15, 0.2) is 0 Å². The molecule has 2 saturated heterocycles. The summed E-state index contributed by atoms with van der Waals surface area (Å²) in [5, 5.41) is 14.6. The molecule has 0 aliphatic carbocycles. The molecule has 0 radical (unpaired) electrons. The van der Waals surface area contributed by atoms with E-state index in [0.717, 1.165) is 96.4 Å². The second-order valence-electron chi connectivity index (χ2n) is 11.0. The molecule has 2 aliphatic heterocycles. The van der Waals surface area contributed by atoms with Crippen LogP contribution in [0.5, 0.6) is 0 Å². The predicted molar refractivity (Wildman–Crippen MR) is 164 cm³/mol. The van der Waals surface area contributed by atoms with Crippen LogP contribution in [0.3, 0.4) is 0 Å². The van der Waals surface area contributed by atoms with Gasteiger partial charge in [0.1, 0.15) is 6.07 Å². The van der Waals surface area contributed by atoms with E-state index in [1.54, 1.807) is 6.20 Å². The first-order valence-electron chi connectivity index (χ1n) is 14.5. The van der Waals surface area contributed by atoms with Gasteiger partial charge in [0, 0.05) is 79.0 Å². The van der Waals surface area contributed by atoms with Crippen LogP contribution in [0.4, 0.5) is 11.4 Å². The van der Waals surface area contributed by atoms with E-state index in [4.69, 9.17) is 9.72 Å². The fourth-order valence-electron chi connectivity index (χ4n) is 6.06. The molecule has 2 aliphatic rings. The monoisotopic (exact) mass is 547 g/mol. The average molecular weight is 548 g/mol. The fraction of sp³-hybridized carbons (Fsp3) is 0.364. The summed E-state index contributed by atoms with van der Waals surface area (Å²) in [6, 6.07) is 15.4. The molecule has 2 fully saturated rings. The van der Waals surface area contributed by atoms with E-state index < -0.39 is 0 Å². The van der Waals surface area contributed by atoms with E-state index >= 15 is 0 Å². The average Bonchev–Trinajstić information content (AvgIpc) is 3.49. The zero-order valence-electron chi connectivity index (χ0n) is 23.9. The number of nitriles is 1. The van der Waals surface area contributed by atoms with Gasteiger partial charge in [-0.05, 0) is 74.7 Å². The number of likely N-dealkylation sites (tertiary alicyclic amines) is 1. The molecule has 41 heavy (non-hydrogen) atoms. The van der Waals surface area contributed by atoms with E-state index in [1.165, 1.54) is 12.8 Å². The van der Waals surface area contributed by atoms with Crippen LogP contribution in [0.15, 0.2) is 48.8 Å². The Kier molecular flexibility index (Phi) is 8.10. The molecule has 6 rings (SSSR count). The summed E-state index contributed by atoms with van der Waals surface area (Å²) in [5.41, 5.74) is 8.14. The Balaban J connectivity index is 1.18. The number of nitrogens with one attached hydrogen (secondary N) is 2. The molecule has 0 amide bonds. The standard InChI is InChI=1S/C33H37N7O/c1-23-29-10-13-35-32(29)9-8-31(23)38-33-25(20-34)21-36-24(2)30(33)7-6-26-4-3-5-27(37-26)22-39-14-11-28(12-15-39)40-16-18-41-19-17-40/h3-10,13,21,28,35H,11-12,14-19,22H2,1-2H3,(H,36,38)/b7-6+. The number of ether oxygens (including phenoxy) is 1. The molecule has 0 atom stereocenters. The molecular formula is C33H37N7O. The summed E-state index contributed by atoms with van der Waals surface area (Å²) in [4.78, 5) is 17.8. The highest BCUT2D eigenvalue weighted by molar-refractivity contribution is 5.90. The zero-order valence-corrected chi connectivity index (χ0v) is 23.9. The molecule has 210 valence electrons. The van der Waals surface area contributed by atoms with Crippen molar-refractivity contribution in [2.75, 3.05) is 44.7 Å². The normalized spacial score (nSPS) is 17.3.